The van der Waals surface area contributed by atoms with Crippen molar-refractivity contribution in [1.82, 2.24) is 4.90 Å². The van der Waals surface area contributed by atoms with Gasteiger partial charge in [0.1, 0.15) is 6.54 Å². The topological polar surface area (TPSA) is 75.7 Å². The number of ether oxygens (including phenoxy) is 1. The smallest absolute Gasteiger partial charge is 0.326 e. The molecule has 1 atom stereocenters. The number of anilines is 1. The van der Waals surface area contributed by atoms with E-state index < -0.39 is 18.0 Å². The summed E-state index contributed by atoms with van der Waals surface area (Å²) in [6, 6.07) is 13.3. The molecule has 0 heterocycles. The minimum Gasteiger partial charge on any atom is -0.451 e. The fourth-order valence-corrected chi connectivity index (χ4v) is 2.10. The van der Waals surface area contributed by atoms with Crippen molar-refractivity contribution in [1.29, 1.82) is 0 Å². The van der Waals surface area contributed by atoms with Crippen molar-refractivity contribution in [3.05, 3.63) is 42.5 Å². The van der Waals surface area contributed by atoms with Crippen molar-refractivity contribution in [2.75, 3.05) is 18.9 Å². The molecule has 2 rings (SSSR count). The molecule has 0 spiro atoms. The lowest BCUT2D eigenvalue weighted by molar-refractivity contribution is -0.155. The molecule has 0 aliphatic carbocycles. The number of rotatable bonds is 5. The summed E-state index contributed by atoms with van der Waals surface area (Å²) in [5.74, 6) is -1.31. The van der Waals surface area contributed by atoms with Crippen molar-refractivity contribution < 1.29 is 19.1 Å². The van der Waals surface area contributed by atoms with E-state index in [1.807, 2.05) is 36.4 Å². The predicted octanol–water partition coefficient (Wildman–Crippen LogP) is 2.19. The molecule has 2 aromatic rings. The molecule has 0 saturated heterocycles. The molecule has 0 fully saturated rings. The van der Waals surface area contributed by atoms with Crippen LogP contribution in [0.4, 0.5) is 5.69 Å². The monoisotopic (exact) mass is 328 g/mol. The van der Waals surface area contributed by atoms with Crippen LogP contribution in [-0.4, -0.2) is 42.4 Å². The zero-order valence-corrected chi connectivity index (χ0v) is 13.9. The van der Waals surface area contributed by atoms with Gasteiger partial charge < -0.3 is 15.0 Å². The first-order chi connectivity index (χ1) is 11.4. The van der Waals surface area contributed by atoms with Crippen molar-refractivity contribution in [3.63, 3.8) is 0 Å². The van der Waals surface area contributed by atoms with Crippen LogP contribution in [0.2, 0.25) is 0 Å². The second kappa shape index (κ2) is 7.59. The summed E-state index contributed by atoms with van der Waals surface area (Å²) >= 11 is 0. The molecule has 24 heavy (non-hydrogen) atoms. The average molecular weight is 328 g/mol. The van der Waals surface area contributed by atoms with E-state index in [4.69, 9.17) is 4.74 Å². The molecule has 2 aromatic carbocycles. The van der Waals surface area contributed by atoms with Gasteiger partial charge in [-0.1, -0.05) is 30.3 Å². The van der Waals surface area contributed by atoms with E-state index in [2.05, 4.69) is 5.32 Å². The van der Waals surface area contributed by atoms with Crippen molar-refractivity contribution in [2.45, 2.75) is 20.0 Å². The highest BCUT2D eigenvalue weighted by atomic mass is 16.5. The highest BCUT2D eigenvalue weighted by Crippen LogP contribution is 2.19. The highest BCUT2D eigenvalue weighted by molar-refractivity contribution is 5.97. The number of nitrogens with one attached hydrogen (secondary N) is 1. The summed E-state index contributed by atoms with van der Waals surface area (Å²) < 4.78 is 5.05. The summed E-state index contributed by atoms with van der Waals surface area (Å²) in [5, 5.41) is 4.79. The normalized spacial score (nSPS) is 11.6. The van der Waals surface area contributed by atoms with Gasteiger partial charge in [-0.15, -0.1) is 0 Å². The van der Waals surface area contributed by atoms with Crippen LogP contribution < -0.4 is 5.32 Å². The summed E-state index contributed by atoms with van der Waals surface area (Å²) in [6.07, 6.45) is -0.954. The molecular formula is C18H20N2O4. The van der Waals surface area contributed by atoms with Gasteiger partial charge in [-0.2, -0.15) is 0 Å². The van der Waals surface area contributed by atoms with Crippen LogP contribution in [0.5, 0.6) is 0 Å². The Morgan fingerprint density at radius 1 is 1.12 bits per heavy atom. The van der Waals surface area contributed by atoms with E-state index in [1.54, 1.807) is 6.07 Å². The minimum atomic E-state index is -0.954. The molecule has 126 valence electrons. The highest BCUT2D eigenvalue weighted by Gasteiger charge is 2.19. The number of carbonyl (C=O) groups excluding carboxylic acids is 3. The molecule has 0 unspecified atom stereocenters. The average Bonchev–Trinajstić information content (AvgIpc) is 2.54. The summed E-state index contributed by atoms with van der Waals surface area (Å²) in [4.78, 5) is 36.1. The number of fused-ring (bicyclic) bond motifs is 1. The first-order valence-corrected chi connectivity index (χ1v) is 7.57. The SMILES string of the molecule is CC(=O)N(C)CC(=O)O[C@H](C)C(=O)Nc1ccc2ccccc2c1. The Morgan fingerprint density at radius 3 is 2.46 bits per heavy atom. The molecular weight excluding hydrogens is 308 g/mol. The molecule has 0 aromatic heterocycles. The zero-order valence-electron chi connectivity index (χ0n) is 13.9. The second-order valence-corrected chi connectivity index (χ2v) is 5.56. The number of carbonyl (C=O) groups is 3. The second-order valence-electron chi connectivity index (χ2n) is 5.56. The number of likely N-dealkylation sites (N-methyl/N-ethyl adjacent to an activating group) is 1. The quantitative estimate of drug-likeness (QED) is 0.854. The van der Waals surface area contributed by atoms with Crippen LogP contribution in [-0.2, 0) is 19.1 Å². The Kier molecular flexibility index (Phi) is 5.52. The van der Waals surface area contributed by atoms with E-state index in [0.29, 0.717) is 5.69 Å². The van der Waals surface area contributed by atoms with E-state index in [0.717, 1.165) is 10.8 Å². The molecule has 0 aliphatic rings. The summed E-state index contributed by atoms with van der Waals surface area (Å²) in [7, 11) is 1.49. The number of benzene rings is 2. The van der Waals surface area contributed by atoms with Crippen LogP contribution in [0.15, 0.2) is 42.5 Å². The fraction of sp³-hybridized carbons (Fsp3) is 0.278. The Balaban J connectivity index is 1.95. The van der Waals surface area contributed by atoms with Gasteiger partial charge in [0.05, 0.1) is 0 Å². The molecule has 6 nitrogen and oxygen atoms in total. The maximum absolute atomic E-state index is 12.1. The van der Waals surface area contributed by atoms with Crippen LogP contribution in [0.3, 0.4) is 0 Å². The molecule has 0 bridgehead atoms. The van der Waals surface area contributed by atoms with Crippen LogP contribution in [0.25, 0.3) is 10.8 Å². The number of amides is 2. The molecule has 2 amide bonds. The summed E-state index contributed by atoms with van der Waals surface area (Å²) in [6.45, 7) is 2.65. The van der Waals surface area contributed by atoms with E-state index in [9.17, 15) is 14.4 Å². The third-order valence-corrected chi connectivity index (χ3v) is 3.60. The van der Waals surface area contributed by atoms with Gasteiger partial charge in [-0.25, -0.2) is 0 Å². The van der Waals surface area contributed by atoms with Crippen LogP contribution in [0.1, 0.15) is 13.8 Å². The lowest BCUT2D eigenvalue weighted by atomic mass is 10.1. The Bertz CT molecular complexity index is 772. The van der Waals surface area contributed by atoms with E-state index >= 15 is 0 Å². The van der Waals surface area contributed by atoms with Crippen molar-refractivity contribution in [3.8, 4) is 0 Å². The third kappa shape index (κ3) is 4.55. The number of nitrogens with zero attached hydrogens (tertiary/aromatic N) is 1. The van der Waals surface area contributed by atoms with Crippen molar-refractivity contribution >= 4 is 34.2 Å². The number of esters is 1. The maximum atomic E-state index is 12.1. The molecule has 0 radical (unpaired) electrons. The molecule has 0 aliphatic heterocycles. The zero-order chi connectivity index (χ0) is 17.7. The molecule has 6 heteroatoms. The van der Waals surface area contributed by atoms with Gasteiger partial charge in [0, 0.05) is 19.7 Å². The minimum absolute atomic E-state index is 0.192. The van der Waals surface area contributed by atoms with Crippen molar-refractivity contribution in [2.24, 2.45) is 0 Å². The Labute approximate surface area is 140 Å². The van der Waals surface area contributed by atoms with Gasteiger partial charge in [0.2, 0.25) is 5.91 Å². The first-order valence-electron chi connectivity index (χ1n) is 7.57. The fourth-order valence-electron chi connectivity index (χ4n) is 2.10. The Morgan fingerprint density at radius 2 is 1.79 bits per heavy atom. The molecule has 0 saturated carbocycles. The lowest BCUT2D eigenvalue weighted by Gasteiger charge is -2.17. The standard InChI is InChI=1S/C18H20N2O4/c1-12(24-17(22)11-20(3)13(2)21)18(23)19-16-9-8-14-6-4-5-7-15(14)10-16/h4-10,12H,11H2,1-3H3,(H,19,23)/t12-/m1/s1. The van der Waals surface area contributed by atoms with Crippen LogP contribution >= 0.6 is 0 Å². The van der Waals surface area contributed by atoms with E-state index in [1.165, 1.54) is 25.8 Å². The van der Waals surface area contributed by atoms with Gasteiger partial charge in [0.25, 0.3) is 5.91 Å². The van der Waals surface area contributed by atoms with Crippen LogP contribution in [0, 0.1) is 0 Å². The molecule has 1 N–H and O–H groups in total. The largest absolute Gasteiger partial charge is 0.451 e. The van der Waals surface area contributed by atoms with Gasteiger partial charge in [0.15, 0.2) is 6.10 Å². The number of hydrogen-bond donors (Lipinski definition) is 1. The van der Waals surface area contributed by atoms with Gasteiger partial charge in [-0.3, -0.25) is 14.4 Å². The van der Waals surface area contributed by atoms with E-state index in [-0.39, 0.29) is 12.5 Å². The Hall–Kier alpha value is -2.89. The van der Waals surface area contributed by atoms with Gasteiger partial charge in [-0.05, 0) is 29.8 Å². The summed E-state index contributed by atoms with van der Waals surface area (Å²) in [5.41, 5.74) is 0.627. The predicted molar refractivity (Wildman–Crippen MR) is 91.4 cm³/mol. The lowest BCUT2D eigenvalue weighted by Crippen LogP contribution is -2.36. The first kappa shape index (κ1) is 17.5. The van der Waals surface area contributed by atoms with Gasteiger partial charge >= 0.3 is 5.97 Å². The third-order valence-electron chi connectivity index (χ3n) is 3.60. The maximum Gasteiger partial charge on any atom is 0.326 e. The number of hydrogen-bond acceptors (Lipinski definition) is 4.